The van der Waals surface area contributed by atoms with Crippen LogP contribution in [0.25, 0.3) is 0 Å². The average Bonchev–Trinajstić information content (AvgIpc) is 2.44. The summed E-state index contributed by atoms with van der Waals surface area (Å²) in [5.41, 5.74) is 0. The molecule has 0 radical (unpaired) electrons. The summed E-state index contributed by atoms with van der Waals surface area (Å²) < 4.78 is 24.0. The van der Waals surface area contributed by atoms with E-state index in [9.17, 15) is 18.0 Å². The number of carboxylic acids is 1. The zero-order chi connectivity index (χ0) is 16.8. The molecule has 1 aromatic carbocycles. The topological polar surface area (TPSA) is 104 Å². The highest BCUT2D eigenvalue weighted by molar-refractivity contribution is 7.91. The number of aliphatic carboxylic acids is 1. The van der Waals surface area contributed by atoms with Gasteiger partial charge in [-0.15, -0.1) is 0 Å². The molecule has 9 heteroatoms. The summed E-state index contributed by atoms with van der Waals surface area (Å²) >= 11 is 5.70. The number of nitrogens with one attached hydrogen (secondary N) is 1. The average molecular weight is 349 g/mol. The van der Waals surface area contributed by atoms with Gasteiger partial charge >= 0.3 is 12.0 Å². The number of benzene rings is 1. The third-order valence-corrected chi connectivity index (χ3v) is 4.81. The van der Waals surface area contributed by atoms with Crippen molar-refractivity contribution in [3.05, 3.63) is 29.3 Å². The smallest absolute Gasteiger partial charge is 0.317 e. The molecule has 22 heavy (non-hydrogen) atoms. The Kier molecular flexibility index (Phi) is 6.63. The molecule has 0 aliphatic carbocycles. The van der Waals surface area contributed by atoms with Crippen LogP contribution in [0.5, 0.6) is 0 Å². The van der Waals surface area contributed by atoms with Crippen LogP contribution in [-0.4, -0.2) is 56.3 Å². The molecule has 2 N–H and O–H groups in total. The van der Waals surface area contributed by atoms with Crippen molar-refractivity contribution < 1.29 is 23.1 Å². The first-order valence-electron chi connectivity index (χ1n) is 6.41. The Morgan fingerprint density at radius 2 is 1.86 bits per heavy atom. The van der Waals surface area contributed by atoms with Crippen molar-refractivity contribution in [2.24, 2.45) is 0 Å². The van der Waals surface area contributed by atoms with E-state index in [4.69, 9.17) is 16.7 Å². The summed E-state index contributed by atoms with van der Waals surface area (Å²) in [5.74, 6) is -1.27. The van der Waals surface area contributed by atoms with Crippen LogP contribution in [0.15, 0.2) is 29.2 Å². The lowest BCUT2D eigenvalue weighted by Crippen LogP contribution is -2.40. The van der Waals surface area contributed by atoms with E-state index in [1.807, 2.05) is 0 Å². The van der Waals surface area contributed by atoms with Gasteiger partial charge in [0.15, 0.2) is 9.84 Å². The predicted molar refractivity (Wildman–Crippen MR) is 81.8 cm³/mol. The number of carbonyl (C=O) groups excluding carboxylic acids is 1. The van der Waals surface area contributed by atoms with Gasteiger partial charge in [0.25, 0.3) is 0 Å². The predicted octanol–water partition coefficient (Wildman–Crippen LogP) is 1.23. The van der Waals surface area contributed by atoms with Crippen LogP contribution in [0.1, 0.15) is 6.42 Å². The summed E-state index contributed by atoms with van der Waals surface area (Å²) in [5, 5.41) is 11.4. The Balaban J connectivity index is 2.47. The number of hydrogen-bond acceptors (Lipinski definition) is 4. The van der Waals surface area contributed by atoms with Gasteiger partial charge in [-0.3, -0.25) is 4.79 Å². The second kappa shape index (κ2) is 8.00. The van der Waals surface area contributed by atoms with Crippen molar-refractivity contribution in [2.45, 2.75) is 11.3 Å². The number of carbonyl (C=O) groups is 2. The van der Waals surface area contributed by atoms with Crippen LogP contribution in [0.4, 0.5) is 4.79 Å². The van der Waals surface area contributed by atoms with Gasteiger partial charge < -0.3 is 15.3 Å². The monoisotopic (exact) mass is 348 g/mol. The van der Waals surface area contributed by atoms with Crippen molar-refractivity contribution in [1.82, 2.24) is 10.2 Å². The van der Waals surface area contributed by atoms with E-state index in [-0.39, 0.29) is 30.2 Å². The van der Waals surface area contributed by atoms with Gasteiger partial charge in [-0.2, -0.15) is 0 Å². The van der Waals surface area contributed by atoms with E-state index in [1.54, 1.807) is 0 Å². The van der Waals surface area contributed by atoms with Crippen LogP contribution in [0.2, 0.25) is 5.02 Å². The Labute approximate surface area is 133 Å². The molecule has 0 aliphatic heterocycles. The molecule has 0 aliphatic rings. The summed E-state index contributed by atoms with van der Waals surface area (Å²) in [6.07, 6.45) is -0.174. The molecule has 0 saturated heterocycles. The minimum atomic E-state index is -3.51. The fourth-order valence-electron chi connectivity index (χ4n) is 1.55. The highest BCUT2D eigenvalue weighted by Gasteiger charge is 2.15. The molecular formula is C13H17ClN2O5S. The molecule has 0 unspecified atom stereocenters. The minimum Gasteiger partial charge on any atom is -0.481 e. The lowest BCUT2D eigenvalue weighted by Gasteiger charge is -2.16. The van der Waals surface area contributed by atoms with Gasteiger partial charge in [0.1, 0.15) is 0 Å². The lowest BCUT2D eigenvalue weighted by molar-refractivity contribution is -0.137. The largest absolute Gasteiger partial charge is 0.481 e. The fraction of sp³-hybridized carbons (Fsp3) is 0.385. The molecule has 0 fully saturated rings. The maximum absolute atomic E-state index is 12.0. The van der Waals surface area contributed by atoms with Crippen LogP contribution in [-0.2, 0) is 14.6 Å². The number of rotatable bonds is 7. The number of urea groups is 1. The Morgan fingerprint density at radius 3 is 2.41 bits per heavy atom. The minimum absolute atomic E-state index is 0.0467. The first-order valence-corrected chi connectivity index (χ1v) is 8.44. The Morgan fingerprint density at radius 1 is 1.27 bits per heavy atom. The van der Waals surface area contributed by atoms with Gasteiger partial charge in [-0.1, -0.05) is 11.6 Å². The number of sulfone groups is 1. The van der Waals surface area contributed by atoms with Crippen molar-refractivity contribution in [2.75, 3.05) is 25.9 Å². The SMILES string of the molecule is CN(CCC(=O)O)C(=O)NCCS(=O)(=O)c1ccc(Cl)cc1. The highest BCUT2D eigenvalue weighted by atomic mass is 35.5. The first-order chi connectivity index (χ1) is 10.2. The summed E-state index contributed by atoms with van der Waals surface area (Å²) in [6, 6.07) is 5.24. The molecule has 0 atom stereocenters. The summed E-state index contributed by atoms with van der Waals surface area (Å²) in [6.45, 7) is -0.0215. The molecule has 1 aromatic rings. The Bertz CT molecular complexity index is 630. The van der Waals surface area contributed by atoms with Crippen LogP contribution >= 0.6 is 11.6 Å². The van der Waals surface area contributed by atoms with Crippen LogP contribution < -0.4 is 5.32 Å². The molecular weight excluding hydrogens is 332 g/mol. The molecule has 0 heterocycles. The second-order valence-corrected chi connectivity index (χ2v) is 7.12. The van der Waals surface area contributed by atoms with E-state index in [0.29, 0.717) is 5.02 Å². The molecule has 0 saturated carbocycles. The van der Waals surface area contributed by atoms with Gasteiger partial charge in [0.05, 0.1) is 17.1 Å². The maximum Gasteiger partial charge on any atom is 0.317 e. The number of nitrogens with zero attached hydrogens (tertiary/aromatic N) is 1. The van der Waals surface area contributed by atoms with E-state index < -0.39 is 21.8 Å². The van der Waals surface area contributed by atoms with Crippen molar-refractivity contribution in [1.29, 1.82) is 0 Å². The van der Waals surface area contributed by atoms with Crippen molar-refractivity contribution >= 4 is 33.4 Å². The van der Waals surface area contributed by atoms with Crippen molar-refractivity contribution in [3.63, 3.8) is 0 Å². The van der Waals surface area contributed by atoms with Crippen molar-refractivity contribution in [3.8, 4) is 0 Å². The highest BCUT2D eigenvalue weighted by Crippen LogP contribution is 2.15. The number of hydrogen-bond donors (Lipinski definition) is 2. The second-order valence-electron chi connectivity index (χ2n) is 4.57. The third-order valence-electron chi connectivity index (χ3n) is 2.83. The molecule has 1 rings (SSSR count). The molecule has 7 nitrogen and oxygen atoms in total. The number of halogens is 1. The summed E-state index contributed by atoms with van der Waals surface area (Å²) in [4.78, 5) is 23.4. The normalized spacial score (nSPS) is 11.0. The molecule has 0 aromatic heterocycles. The molecule has 0 spiro atoms. The van der Waals surface area contributed by atoms with E-state index in [1.165, 1.54) is 36.2 Å². The van der Waals surface area contributed by atoms with Gasteiger partial charge in [0.2, 0.25) is 0 Å². The zero-order valence-corrected chi connectivity index (χ0v) is 13.5. The number of carboxylic acid groups (broad SMARTS) is 1. The van der Waals surface area contributed by atoms with Gasteiger partial charge in [-0.05, 0) is 24.3 Å². The standard InChI is InChI=1S/C13H17ClN2O5S/c1-16(8-6-12(17)18)13(19)15-7-9-22(20,21)11-4-2-10(14)3-5-11/h2-5H,6-9H2,1H3,(H,15,19)(H,17,18). The van der Waals surface area contributed by atoms with E-state index in [0.717, 1.165) is 0 Å². The first kappa shape index (κ1) is 18.2. The quantitative estimate of drug-likeness (QED) is 0.771. The van der Waals surface area contributed by atoms with Gasteiger partial charge in [0, 0.05) is 25.2 Å². The van der Waals surface area contributed by atoms with Crippen LogP contribution in [0, 0.1) is 0 Å². The number of amides is 2. The van der Waals surface area contributed by atoms with Gasteiger partial charge in [-0.25, -0.2) is 13.2 Å². The lowest BCUT2D eigenvalue weighted by atomic mass is 10.4. The fourth-order valence-corrected chi connectivity index (χ4v) is 2.84. The van der Waals surface area contributed by atoms with E-state index in [2.05, 4.69) is 5.32 Å². The zero-order valence-electron chi connectivity index (χ0n) is 12.0. The Hall–Kier alpha value is -1.80. The molecule has 2 amide bonds. The molecule has 122 valence electrons. The third kappa shape index (κ3) is 5.90. The summed E-state index contributed by atoms with van der Waals surface area (Å²) in [7, 11) is -2.07. The van der Waals surface area contributed by atoms with E-state index >= 15 is 0 Å². The maximum atomic E-state index is 12.0. The molecule has 0 bridgehead atoms. The van der Waals surface area contributed by atoms with Crippen LogP contribution in [0.3, 0.4) is 0 Å².